The fourth-order valence-electron chi connectivity index (χ4n) is 2.71. The fraction of sp³-hybridized carbons (Fsp3) is 0.250. The van der Waals surface area contributed by atoms with Crippen molar-refractivity contribution < 1.29 is 0 Å². The van der Waals surface area contributed by atoms with Crippen molar-refractivity contribution in [2.45, 2.75) is 24.8 Å². The van der Waals surface area contributed by atoms with E-state index in [1.165, 1.54) is 16.7 Å². The van der Waals surface area contributed by atoms with Crippen LogP contribution in [0.3, 0.4) is 0 Å². The molecule has 0 amide bonds. The largest absolute Gasteiger partial charge is 0.327 e. The molecule has 0 bridgehead atoms. The average Bonchev–Trinajstić information content (AvgIpc) is 2.34. The summed E-state index contributed by atoms with van der Waals surface area (Å²) in [5.41, 5.74) is 10.6. The molecule has 0 fully saturated rings. The van der Waals surface area contributed by atoms with Crippen LogP contribution in [0.4, 0.5) is 0 Å². The van der Waals surface area contributed by atoms with Gasteiger partial charge in [0.15, 0.2) is 0 Å². The predicted octanol–water partition coefficient (Wildman–Crippen LogP) is 3.66. The lowest BCUT2D eigenvalue weighted by Gasteiger charge is -2.34. The molecule has 92 valence electrons. The van der Waals surface area contributed by atoms with E-state index < -0.39 is 0 Å². The topological polar surface area (TPSA) is 26.0 Å². The van der Waals surface area contributed by atoms with Gasteiger partial charge in [-0.3, -0.25) is 0 Å². The summed E-state index contributed by atoms with van der Waals surface area (Å²) < 4.78 is 1.12. The maximum atomic E-state index is 6.35. The van der Waals surface area contributed by atoms with Crippen LogP contribution >= 0.6 is 15.9 Å². The highest BCUT2D eigenvalue weighted by atomic mass is 79.9. The third kappa shape index (κ3) is 2.23. The molecule has 3 rings (SSSR count). The monoisotopic (exact) mass is 301 g/mol. The minimum Gasteiger partial charge on any atom is -0.327 e. The number of hydrogen-bond acceptors (Lipinski definition) is 1. The van der Waals surface area contributed by atoms with Gasteiger partial charge >= 0.3 is 0 Å². The predicted molar refractivity (Wildman–Crippen MR) is 78.7 cm³/mol. The van der Waals surface area contributed by atoms with Gasteiger partial charge in [-0.2, -0.15) is 0 Å². The van der Waals surface area contributed by atoms with Gasteiger partial charge in [0.05, 0.1) is 0 Å². The van der Waals surface area contributed by atoms with Crippen LogP contribution in [0, 0.1) is 0 Å². The van der Waals surface area contributed by atoms with Crippen LogP contribution in [-0.2, 0) is 12.8 Å². The van der Waals surface area contributed by atoms with Gasteiger partial charge in [0.1, 0.15) is 0 Å². The first kappa shape index (κ1) is 11.9. The van der Waals surface area contributed by atoms with E-state index in [0.29, 0.717) is 5.92 Å². The Morgan fingerprint density at radius 2 is 1.83 bits per heavy atom. The normalized spacial score (nSPS) is 18.9. The highest BCUT2D eigenvalue weighted by Gasteiger charge is 2.30. The summed E-state index contributed by atoms with van der Waals surface area (Å²) in [6, 6.07) is 17.3. The zero-order chi connectivity index (χ0) is 12.5. The van der Waals surface area contributed by atoms with Crippen LogP contribution in [0.15, 0.2) is 53.0 Å². The van der Waals surface area contributed by atoms with Gasteiger partial charge in [-0.25, -0.2) is 0 Å². The number of hydrogen-bond donors (Lipinski definition) is 1. The summed E-state index contributed by atoms with van der Waals surface area (Å²) in [5.74, 6) is 0.532. The highest BCUT2D eigenvalue weighted by Crippen LogP contribution is 2.37. The molecule has 2 aromatic rings. The quantitative estimate of drug-likeness (QED) is 0.920. The van der Waals surface area contributed by atoms with Gasteiger partial charge in [-0.1, -0.05) is 52.3 Å². The summed E-state index contributed by atoms with van der Waals surface area (Å²) in [5, 5.41) is 0. The molecule has 2 aromatic carbocycles. The molecule has 2 heteroatoms. The summed E-state index contributed by atoms with van der Waals surface area (Å²) in [4.78, 5) is 0. The smallest absolute Gasteiger partial charge is 0.0175 e. The zero-order valence-corrected chi connectivity index (χ0v) is 11.7. The maximum absolute atomic E-state index is 6.35. The Morgan fingerprint density at radius 3 is 2.56 bits per heavy atom. The van der Waals surface area contributed by atoms with Crippen LogP contribution < -0.4 is 5.73 Å². The second kappa shape index (κ2) is 4.87. The van der Waals surface area contributed by atoms with Crippen molar-refractivity contribution in [3.05, 3.63) is 69.7 Å². The van der Waals surface area contributed by atoms with Gasteiger partial charge in [0.25, 0.3) is 0 Å². The van der Waals surface area contributed by atoms with Crippen molar-refractivity contribution in [3.63, 3.8) is 0 Å². The highest BCUT2D eigenvalue weighted by molar-refractivity contribution is 9.10. The summed E-state index contributed by atoms with van der Waals surface area (Å²) in [7, 11) is 0. The van der Waals surface area contributed by atoms with E-state index in [4.69, 9.17) is 5.73 Å². The van der Waals surface area contributed by atoms with Crippen LogP contribution in [0.5, 0.6) is 0 Å². The molecule has 0 saturated heterocycles. The standard InChI is InChI=1S/C16H16BrN/c17-13-7-5-11(6-8-13)9-16(18)15-10-12-3-1-2-4-14(12)15/h1-8,15-16H,9-10,18H2. The number of rotatable bonds is 3. The first-order chi connectivity index (χ1) is 8.74. The summed E-state index contributed by atoms with van der Waals surface area (Å²) in [6.07, 6.45) is 2.08. The van der Waals surface area contributed by atoms with Gasteiger partial charge in [0, 0.05) is 16.4 Å². The summed E-state index contributed by atoms with van der Waals surface area (Å²) in [6.45, 7) is 0. The number of nitrogens with two attached hydrogens (primary N) is 1. The van der Waals surface area contributed by atoms with Gasteiger partial charge in [-0.05, 0) is 41.7 Å². The lowest BCUT2D eigenvalue weighted by molar-refractivity contribution is 0.480. The van der Waals surface area contributed by atoms with E-state index in [1.54, 1.807) is 0 Å². The van der Waals surface area contributed by atoms with Gasteiger partial charge < -0.3 is 5.73 Å². The molecule has 18 heavy (non-hydrogen) atoms. The molecular weight excluding hydrogens is 286 g/mol. The minimum absolute atomic E-state index is 0.223. The molecule has 0 radical (unpaired) electrons. The molecule has 1 aliphatic carbocycles. The first-order valence-electron chi connectivity index (χ1n) is 6.32. The first-order valence-corrected chi connectivity index (χ1v) is 7.11. The number of benzene rings is 2. The van der Waals surface area contributed by atoms with Crippen molar-refractivity contribution in [2.75, 3.05) is 0 Å². The Kier molecular flexibility index (Phi) is 3.23. The van der Waals surface area contributed by atoms with E-state index >= 15 is 0 Å². The third-order valence-corrected chi connectivity index (χ3v) is 4.32. The molecule has 2 N–H and O–H groups in total. The molecule has 0 aliphatic heterocycles. The van der Waals surface area contributed by atoms with Crippen LogP contribution in [0.25, 0.3) is 0 Å². The van der Waals surface area contributed by atoms with Crippen molar-refractivity contribution in [1.29, 1.82) is 0 Å². The van der Waals surface area contributed by atoms with Crippen molar-refractivity contribution in [3.8, 4) is 0 Å². The SMILES string of the molecule is NC(Cc1ccc(Br)cc1)C1Cc2ccccc21. The molecule has 1 nitrogen and oxygen atoms in total. The van der Waals surface area contributed by atoms with Gasteiger partial charge in [0.2, 0.25) is 0 Å². The van der Waals surface area contributed by atoms with Crippen molar-refractivity contribution >= 4 is 15.9 Å². The molecule has 1 aliphatic rings. The Hall–Kier alpha value is -1.12. The van der Waals surface area contributed by atoms with Crippen LogP contribution in [0.1, 0.15) is 22.6 Å². The Balaban J connectivity index is 1.70. The lowest BCUT2D eigenvalue weighted by Crippen LogP contribution is -2.37. The minimum atomic E-state index is 0.223. The van der Waals surface area contributed by atoms with E-state index in [9.17, 15) is 0 Å². The molecule has 2 atom stereocenters. The molecule has 0 spiro atoms. The van der Waals surface area contributed by atoms with Gasteiger partial charge in [-0.15, -0.1) is 0 Å². The van der Waals surface area contributed by atoms with Crippen LogP contribution in [-0.4, -0.2) is 6.04 Å². The second-order valence-electron chi connectivity index (χ2n) is 5.00. The second-order valence-corrected chi connectivity index (χ2v) is 5.92. The average molecular weight is 302 g/mol. The van der Waals surface area contributed by atoms with E-state index in [-0.39, 0.29) is 6.04 Å². The molecule has 2 unspecified atom stereocenters. The fourth-order valence-corrected chi connectivity index (χ4v) is 2.98. The molecule has 0 aromatic heterocycles. The Bertz CT molecular complexity index is 547. The Morgan fingerprint density at radius 1 is 1.11 bits per heavy atom. The van der Waals surface area contributed by atoms with E-state index in [1.807, 2.05) is 0 Å². The lowest BCUT2D eigenvalue weighted by atomic mass is 9.72. The van der Waals surface area contributed by atoms with Crippen molar-refractivity contribution in [1.82, 2.24) is 0 Å². The number of fused-ring (bicyclic) bond motifs is 1. The molecule has 0 heterocycles. The third-order valence-electron chi connectivity index (χ3n) is 3.80. The van der Waals surface area contributed by atoms with E-state index in [0.717, 1.165) is 17.3 Å². The number of halogens is 1. The van der Waals surface area contributed by atoms with Crippen LogP contribution in [0.2, 0.25) is 0 Å². The summed E-state index contributed by atoms with van der Waals surface area (Å²) >= 11 is 3.46. The van der Waals surface area contributed by atoms with E-state index in [2.05, 4.69) is 64.5 Å². The molecular formula is C16H16BrN. The Labute approximate surface area is 116 Å². The van der Waals surface area contributed by atoms with Crippen molar-refractivity contribution in [2.24, 2.45) is 5.73 Å². The molecule has 0 saturated carbocycles. The maximum Gasteiger partial charge on any atom is 0.0175 e. The zero-order valence-electron chi connectivity index (χ0n) is 10.1.